The quantitative estimate of drug-likeness (QED) is 0.733. The number of carboxylic acid groups (broad SMARTS) is 1. The van der Waals surface area contributed by atoms with E-state index in [0.717, 1.165) is 12.8 Å². The first-order chi connectivity index (χ1) is 6.43. The first-order valence-electron chi connectivity index (χ1n) is 5.37. The van der Waals surface area contributed by atoms with Crippen LogP contribution in [-0.4, -0.2) is 21.8 Å². The first kappa shape index (κ1) is 11.5. The molecule has 0 aromatic carbocycles. The van der Waals surface area contributed by atoms with Crippen LogP contribution in [0, 0.1) is 11.8 Å². The van der Waals surface area contributed by atoms with E-state index in [9.17, 15) is 9.90 Å². The van der Waals surface area contributed by atoms with Crippen LogP contribution >= 0.6 is 0 Å². The molecule has 82 valence electrons. The van der Waals surface area contributed by atoms with Crippen molar-refractivity contribution < 1.29 is 15.0 Å². The number of carboxylic acids is 1. The van der Waals surface area contributed by atoms with Crippen LogP contribution in [0.15, 0.2) is 0 Å². The van der Waals surface area contributed by atoms with Crippen LogP contribution < -0.4 is 0 Å². The number of aliphatic hydroxyl groups is 1. The minimum absolute atomic E-state index is 0.0994. The summed E-state index contributed by atoms with van der Waals surface area (Å²) in [5.74, 6) is 0.406. The fraction of sp³-hybridized carbons (Fsp3) is 0.909. The first-order valence-corrected chi connectivity index (χ1v) is 5.37. The van der Waals surface area contributed by atoms with Crippen molar-refractivity contribution in [1.82, 2.24) is 0 Å². The van der Waals surface area contributed by atoms with Crippen LogP contribution in [0.1, 0.15) is 46.0 Å². The van der Waals surface area contributed by atoms with E-state index in [4.69, 9.17) is 5.11 Å². The lowest BCUT2D eigenvalue weighted by atomic mass is 9.73. The van der Waals surface area contributed by atoms with Crippen LogP contribution in [0.5, 0.6) is 0 Å². The summed E-state index contributed by atoms with van der Waals surface area (Å²) in [6, 6.07) is 0. The molecule has 0 saturated heterocycles. The van der Waals surface area contributed by atoms with Crippen LogP contribution in [0.2, 0.25) is 0 Å². The monoisotopic (exact) mass is 200 g/mol. The van der Waals surface area contributed by atoms with Crippen LogP contribution in [0.25, 0.3) is 0 Å². The van der Waals surface area contributed by atoms with E-state index < -0.39 is 11.6 Å². The molecule has 0 aliphatic heterocycles. The molecule has 0 bridgehead atoms. The molecule has 1 rings (SSSR count). The van der Waals surface area contributed by atoms with Crippen LogP contribution in [-0.2, 0) is 4.79 Å². The summed E-state index contributed by atoms with van der Waals surface area (Å²) in [5.41, 5.74) is -0.933. The van der Waals surface area contributed by atoms with Crippen molar-refractivity contribution in [2.45, 2.75) is 51.6 Å². The summed E-state index contributed by atoms with van der Waals surface area (Å²) < 4.78 is 0. The normalized spacial score (nSPS) is 33.3. The van der Waals surface area contributed by atoms with E-state index in [1.807, 2.05) is 0 Å². The molecule has 0 unspecified atom stereocenters. The SMILES string of the molecule is CC(C)C1CCC(O)(CC(=O)O)CC1. The van der Waals surface area contributed by atoms with Gasteiger partial charge in [0.2, 0.25) is 0 Å². The van der Waals surface area contributed by atoms with Gasteiger partial charge in [-0.3, -0.25) is 4.79 Å². The van der Waals surface area contributed by atoms with E-state index in [0.29, 0.717) is 24.7 Å². The lowest BCUT2D eigenvalue weighted by Crippen LogP contribution is -2.37. The third kappa shape index (κ3) is 2.98. The zero-order valence-electron chi connectivity index (χ0n) is 8.99. The summed E-state index contributed by atoms with van der Waals surface area (Å²) in [6.07, 6.45) is 3.10. The Labute approximate surface area is 85.1 Å². The van der Waals surface area contributed by atoms with Gasteiger partial charge >= 0.3 is 5.97 Å². The summed E-state index contributed by atoms with van der Waals surface area (Å²) in [6.45, 7) is 4.37. The lowest BCUT2D eigenvalue weighted by molar-refractivity contribution is -0.144. The van der Waals surface area contributed by atoms with E-state index in [1.165, 1.54) is 0 Å². The van der Waals surface area contributed by atoms with Gasteiger partial charge in [-0.15, -0.1) is 0 Å². The Morgan fingerprint density at radius 3 is 2.29 bits per heavy atom. The Kier molecular flexibility index (Phi) is 3.53. The van der Waals surface area contributed by atoms with E-state index >= 15 is 0 Å². The highest BCUT2D eigenvalue weighted by atomic mass is 16.4. The average Bonchev–Trinajstić information content (AvgIpc) is 2.02. The van der Waals surface area contributed by atoms with Crippen LogP contribution in [0.3, 0.4) is 0 Å². The lowest BCUT2D eigenvalue weighted by Gasteiger charge is -2.36. The van der Waals surface area contributed by atoms with Gasteiger partial charge in [0.25, 0.3) is 0 Å². The Bertz CT molecular complexity index is 203. The number of rotatable bonds is 3. The van der Waals surface area contributed by atoms with Crippen molar-refractivity contribution in [3.05, 3.63) is 0 Å². The summed E-state index contributed by atoms with van der Waals surface area (Å²) in [4.78, 5) is 10.5. The van der Waals surface area contributed by atoms with Crippen molar-refractivity contribution in [2.75, 3.05) is 0 Å². The zero-order valence-corrected chi connectivity index (χ0v) is 8.99. The molecule has 0 amide bonds. The topological polar surface area (TPSA) is 57.5 Å². The Hall–Kier alpha value is -0.570. The summed E-state index contributed by atoms with van der Waals surface area (Å²) in [7, 11) is 0. The number of carbonyl (C=O) groups is 1. The molecule has 3 heteroatoms. The largest absolute Gasteiger partial charge is 0.481 e. The maximum Gasteiger partial charge on any atom is 0.306 e. The number of aliphatic carboxylic acids is 1. The Balaban J connectivity index is 2.44. The smallest absolute Gasteiger partial charge is 0.306 e. The van der Waals surface area contributed by atoms with Crippen molar-refractivity contribution >= 4 is 5.97 Å². The maximum absolute atomic E-state index is 10.5. The highest BCUT2D eigenvalue weighted by Gasteiger charge is 2.35. The van der Waals surface area contributed by atoms with Gasteiger partial charge in [0.1, 0.15) is 0 Å². The Morgan fingerprint density at radius 1 is 1.43 bits per heavy atom. The van der Waals surface area contributed by atoms with Crippen molar-refractivity contribution in [2.24, 2.45) is 11.8 Å². The predicted octanol–water partition coefficient (Wildman–Crippen LogP) is 2.04. The molecule has 0 atom stereocenters. The standard InChI is InChI=1S/C11H20O3/c1-8(2)9-3-5-11(14,6-4-9)7-10(12)13/h8-9,14H,3-7H2,1-2H3,(H,12,13). The third-order valence-electron chi connectivity index (χ3n) is 3.38. The number of hydrogen-bond acceptors (Lipinski definition) is 2. The van der Waals surface area contributed by atoms with E-state index in [-0.39, 0.29) is 6.42 Å². The second-order valence-electron chi connectivity index (χ2n) is 4.88. The fourth-order valence-corrected chi connectivity index (χ4v) is 2.30. The highest BCUT2D eigenvalue weighted by Crippen LogP contribution is 2.37. The van der Waals surface area contributed by atoms with E-state index in [1.54, 1.807) is 0 Å². The molecule has 0 aromatic rings. The molecule has 14 heavy (non-hydrogen) atoms. The average molecular weight is 200 g/mol. The second kappa shape index (κ2) is 4.30. The van der Waals surface area contributed by atoms with Crippen molar-refractivity contribution in [3.8, 4) is 0 Å². The molecule has 1 saturated carbocycles. The molecule has 0 radical (unpaired) electrons. The van der Waals surface area contributed by atoms with Gasteiger partial charge in [-0.1, -0.05) is 13.8 Å². The van der Waals surface area contributed by atoms with Gasteiger partial charge in [0.05, 0.1) is 12.0 Å². The molecule has 0 aromatic heterocycles. The molecule has 0 heterocycles. The molecule has 1 aliphatic carbocycles. The highest BCUT2D eigenvalue weighted by molar-refractivity contribution is 5.68. The van der Waals surface area contributed by atoms with Gasteiger partial charge in [-0.25, -0.2) is 0 Å². The van der Waals surface area contributed by atoms with Crippen molar-refractivity contribution in [1.29, 1.82) is 0 Å². The van der Waals surface area contributed by atoms with Gasteiger partial charge < -0.3 is 10.2 Å². The number of hydrogen-bond donors (Lipinski definition) is 2. The predicted molar refractivity (Wildman–Crippen MR) is 54.0 cm³/mol. The Morgan fingerprint density at radius 2 is 1.93 bits per heavy atom. The maximum atomic E-state index is 10.5. The molecule has 3 nitrogen and oxygen atoms in total. The van der Waals surface area contributed by atoms with Gasteiger partial charge in [0, 0.05) is 0 Å². The van der Waals surface area contributed by atoms with Crippen LogP contribution in [0.4, 0.5) is 0 Å². The molecule has 1 fully saturated rings. The molecular weight excluding hydrogens is 180 g/mol. The van der Waals surface area contributed by atoms with Gasteiger partial charge in [-0.2, -0.15) is 0 Å². The van der Waals surface area contributed by atoms with Gasteiger partial charge in [-0.05, 0) is 37.5 Å². The molecule has 2 N–H and O–H groups in total. The second-order valence-corrected chi connectivity index (χ2v) is 4.88. The molecular formula is C11H20O3. The molecule has 0 spiro atoms. The summed E-state index contributed by atoms with van der Waals surface area (Å²) in [5, 5.41) is 18.6. The third-order valence-corrected chi connectivity index (χ3v) is 3.38. The summed E-state index contributed by atoms with van der Waals surface area (Å²) >= 11 is 0. The van der Waals surface area contributed by atoms with Gasteiger partial charge in [0.15, 0.2) is 0 Å². The minimum atomic E-state index is -0.933. The van der Waals surface area contributed by atoms with Crippen molar-refractivity contribution in [3.63, 3.8) is 0 Å². The zero-order chi connectivity index (χ0) is 10.8. The molecule has 1 aliphatic rings. The fourth-order valence-electron chi connectivity index (χ4n) is 2.30. The van der Waals surface area contributed by atoms with E-state index in [2.05, 4.69) is 13.8 Å². The minimum Gasteiger partial charge on any atom is -0.481 e.